The van der Waals surface area contributed by atoms with Gasteiger partial charge in [-0.05, 0) is 24.6 Å². The highest BCUT2D eigenvalue weighted by Crippen LogP contribution is 2.19. The monoisotopic (exact) mass is 190 g/mol. The first-order valence-corrected chi connectivity index (χ1v) is 4.41. The Bertz CT molecular complexity index is 413. The van der Waals surface area contributed by atoms with Crippen LogP contribution < -0.4 is 11.1 Å². The van der Waals surface area contributed by atoms with E-state index in [4.69, 9.17) is 5.73 Å². The van der Waals surface area contributed by atoms with Crippen LogP contribution in [0.25, 0.3) is 0 Å². The number of benzene rings is 1. The number of carbonyl (C=O) groups excluding carboxylic acids is 2. The van der Waals surface area contributed by atoms with Crippen molar-refractivity contribution in [2.75, 3.05) is 6.54 Å². The molecule has 0 atom stereocenters. The van der Waals surface area contributed by atoms with E-state index < -0.39 is 0 Å². The molecule has 1 heterocycles. The van der Waals surface area contributed by atoms with Gasteiger partial charge in [0.15, 0.2) is 0 Å². The quantitative estimate of drug-likeness (QED) is 0.648. The molecule has 0 aromatic heterocycles. The van der Waals surface area contributed by atoms with Gasteiger partial charge in [0.1, 0.15) is 0 Å². The molecule has 2 rings (SSSR count). The molecule has 1 aromatic carbocycles. The third-order valence-electron chi connectivity index (χ3n) is 2.26. The Labute approximate surface area is 81.1 Å². The average molecular weight is 190 g/mol. The van der Waals surface area contributed by atoms with Gasteiger partial charge in [-0.1, -0.05) is 12.1 Å². The Morgan fingerprint density at radius 3 is 2.71 bits per heavy atom. The molecule has 1 aromatic rings. The molecule has 1 aliphatic rings. The van der Waals surface area contributed by atoms with Crippen LogP contribution in [0, 0.1) is 0 Å². The van der Waals surface area contributed by atoms with Gasteiger partial charge < -0.3 is 5.73 Å². The van der Waals surface area contributed by atoms with E-state index in [2.05, 4.69) is 5.32 Å². The van der Waals surface area contributed by atoms with E-state index in [1.54, 1.807) is 12.1 Å². The first kappa shape index (κ1) is 8.90. The van der Waals surface area contributed by atoms with Gasteiger partial charge in [0.2, 0.25) is 0 Å². The van der Waals surface area contributed by atoms with Crippen molar-refractivity contribution in [2.24, 2.45) is 5.73 Å². The Kier molecular flexibility index (Phi) is 2.05. The van der Waals surface area contributed by atoms with Gasteiger partial charge in [0.25, 0.3) is 11.8 Å². The minimum Gasteiger partial charge on any atom is -0.330 e. The van der Waals surface area contributed by atoms with Gasteiger partial charge in [0, 0.05) is 0 Å². The molecular weight excluding hydrogens is 180 g/mol. The molecule has 0 saturated carbocycles. The lowest BCUT2D eigenvalue weighted by Crippen LogP contribution is -2.20. The standard InChI is InChI=1S/C10H10N2O2/c11-5-4-6-2-1-3-7-8(6)10(14)12-9(7)13/h1-3H,4-5,11H2,(H,12,13,14). The normalized spacial score (nSPS) is 14.1. The molecule has 2 amide bonds. The number of nitrogens with two attached hydrogens (primary N) is 1. The van der Waals surface area contributed by atoms with Gasteiger partial charge >= 0.3 is 0 Å². The summed E-state index contributed by atoms with van der Waals surface area (Å²) < 4.78 is 0. The van der Waals surface area contributed by atoms with Crippen LogP contribution in [-0.4, -0.2) is 18.4 Å². The van der Waals surface area contributed by atoms with Crippen LogP contribution >= 0.6 is 0 Å². The molecule has 72 valence electrons. The third kappa shape index (κ3) is 1.20. The van der Waals surface area contributed by atoms with E-state index in [9.17, 15) is 9.59 Å². The van der Waals surface area contributed by atoms with E-state index in [0.717, 1.165) is 5.56 Å². The largest absolute Gasteiger partial charge is 0.330 e. The second-order valence-electron chi connectivity index (χ2n) is 3.16. The van der Waals surface area contributed by atoms with Crippen LogP contribution in [0.5, 0.6) is 0 Å². The minimum atomic E-state index is -0.316. The van der Waals surface area contributed by atoms with Crippen molar-refractivity contribution in [2.45, 2.75) is 6.42 Å². The van der Waals surface area contributed by atoms with Crippen molar-refractivity contribution >= 4 is 11.8 Å². The van der Waals surface area contributed by atoms with Crippen LogP contribution in [0.1, 0.15) is 26.3 Å². The molecule has 14 heavy (non-hydrogen) atoms. The summed E-state index contributed by atoms with van der Waals surface area (Å²) in [5.41, 5.74) is 7.21. The van der Waals surface area contributed by atoms with Crippen molar-refractivity contribution < 1.29 is 9.59 Å². The highest BCUT2D eigenvalue weighted by Gasteiger charge is 2.28. The summed E-state index contributed by atoms with van der Waals surface area (Å²) in [7, 11) is 0. The maximum absolute atomic E-state index is 11.4. The van der Waals surface area contributed by atoms with Crippen LogP contribution in [0.15, 0.2) is 18.2 Å². The highest BCUT2D eigenvalue weighted by molar-refractivity contribution is 6.22. The van der Waals surface area contributed by atoms with Gasteiger partial charge in [-0.15, -0.1) is 0 Å². The number of nitrogens with one attached hydrogen (secondary N) is 1. The van der Waals surface area contributed by atoms with Crippen LogP contribution in [0.3, 0.4) is 0 Å². The summed E-state index contributed by atoms with van der Waals surface area (Å²) in [6, 6.07) is 5.24. The lowest BCUT2D eigenvalue weighted by molar-refractivity contribution is 0.0879. The number of hydrogen-bond acceptors (Lipinski definition) is 3. The first-order valence-electron chi connectivity index (χ1n) is 4.41. The number of rotatable bonds is 2. The zero-order chi connectivity index (χ0) is 10.1. The first-order chi connectivity index (χ1) is 6.74. The fourth-order valence-electron chi connectivity index (χ4n) is 1.65. The Morgan fingerprint density at radius 1 is 1.21 bits per heavy atom. The molecule has 0 radical (unpaired) electrons. The summed E-state index contributed by atoms with van der Waals surface area (Å²) in [4.78, 5) is 22.7. The predicted octanol–water partition coefficient (Wildman–Crippen LogP) is 0.0714. The topological polar surface area (TPSA) is 72.2 Å². The van der Waals surface area contributed by atoms with Crippen molar-refractivity contribution in [3.8, 4) is 0 Å². The third-order valence-corrected chi connectivity index (χ3v) is 2.26. The fourth-order valence-corrected chi connectivity index (χ4v) is 1.65. The summed E-state index contributed by atoms with van der Waals surface area (Å²) in [5, 5.41) is 2.26. The Balaban J connectivity index is 2.56. The van der Waals surface area contributed by atoms with Gasteiger partial charge in [-0.25, -0.2) is 0 Å². The SMILES string of the molecule is NCCc1cccc2c1C(=O)NC2=O. The van der Waals surface area contributed by atoms with Crippen LogP contribution in [-0.2, 0) is 6.42 Å². The van der Waals surface area contributed by atoms with Crippen molar-refractivity contribution in [1.82, 2.24) is 5.32 Å². The zero-order valence-corrected chi connectivity index (χ0v) is 7.54. The summed E-state index contributed by atoms with van der Waals surface area (Å²) in [6.07, 6.45) is 0.615. The second kappa shape index (κ2) is 3.23. The maximum atomic E-state index is 11.4. The molecule has 4 nitrogen and oxygen atoms in total. The van der Waals surface area contributed by atoms with E-state index >= 15 is 0 Å². The molecule has 0 fully saturated rings. The molecule has 0 saturated heterocycles. The predicted molar refractivity (Wildman–Crippen MR) is 51.0 cm³/mol. The average Bonchev–Trinajstić information content (AvgIpc) is 2.44. The Morgan fingerprint density at radius 2 is 2.00 bits per heavy atom. The van der Waals surface area contributed by atoms with E-state index in [1.807, 2.05) is 6.07 Å². The van der Waals surface area contributed by atoms with Crippen LogP contribution in [0.2, 0.25) is 0 Å². The number of imide groups is 1. The number of amides is 2. The molecular formula is C10H10N2O2. The molecule has 0 bridgehead atoms. The van der Waals surface area contributed by atoms with E-state index in [1.165, 1.54) is 0 Å². The summed E-state index contributed by atoms with van der Waals surface area (Å²) in [5.74, 6) is -0.627. The molecule has 4 heteroatoms. The molecule has 0 aliphatic carbocycles. The van der Waals surface area contributed by atoms with Gasteiger partial charge in [-0.3, -0.25) is 14.9 Å². The molecule has 3 N–H and O–H groups in total. The highest BCUT2D eigenvalue weighted by atomic mass is 16.2. The molecule has 0 spiro atoms. The number of hydrogen-bond donors (Lipinski definition) is 2. The van der Waals surface area contributed by atoms with Crippen LogP contribution in [0.4, 0.5) is 0 Å². The van der Waals surface area contributed by atoms with Gasteiger partial charge in [0.05, 0.1) is 11.1 Å². The van der Waals surface area contributed by atoms with Crippen molar-refractivity contribution in [3.63, 3.8) is 0 Å². The maximum Gasteiger partial charge on any atom is 0.259 e. The lowest BCUT2D eigenvalue weighted by Gasteiger charge is -2.02. The fraction of sp³-hybridized carbons (Fsp3) is 0.200. The number of carbonyl (C=O) groups is 2. The smallest absolute Gasteiger partial charge is 0.259 e. The van der Waals surface area contributed by atoms with Crippen molar-refractivity contribution in [1.29, 1.82) is 0 Å². The Hall–Kier alpha value is -1.68. The summed E-state index contributed by atoms with van der Waals surface area (Å²) in [6.45, 7) is 0.470. The molecule has 1 aliphatic heterocycles. The second-order valence-corrected chi connectivity index (χ2v) is 3.16. The van der Waals surface area contributed by atoms with E-state index in [-0.39, 0.29) is 11.8 Å². The molecule has 0 unspecified atom stereocenters. The van der Waals surface area contributed by atoms with Crippen molar-refractivity contribution in [3.05, 3.63) is 34.9 Å². The minimum absolute atomic E-state index is 0.311. The zero-order valence-electron chi connectivity index (χ0n) is 7.54. The van der Waals surface area contributed by atoms with E-state index in [0.29, 0.717) is 24.1 Å². The van der Waals surface area contributed by atoms with Gasteiger partial charge in [-0.2, -0.15) is 0 Å². The lowest BCUT2D eigenvalue weighted by atomic mass is 10.0. The summed E-state index contributed by atoms with van der Waals surface area (Å²) >= 11 is 0. The number of fused-ring (bicyclic) bond motifs is 1.